The molecule has 0 bridgehead atoms. The predicted octanol–water partition coefficient (Wildman–Crippen LogP) is 1.96. The fraction of sp³-hybridized carbons (Fsp3) is 0.292. The highest BCUT2D eigenvalue weighted by Gasteiger charge is 2.24. The SMILES string of the molecule is Cc1c(O[C@H](C)C(=O)N[C@H](C(=O)[O-])c2ccccc2)ccc2c3c(c(=O)oc12)CCC3. The Morgan fingerprint density at radius 2 is 1.81 bits per heavy atom. The van der Waals surface area contributed by atoms with Gasteiger partial charge in [0.05, 0.1) is 12.0 Å². The Morgan fingerprint density at radius 1 is 1.10 bits per heavy atom. The first-order valence-electron chi connectivity index (χ1n) is 10.2. The molecule has 7 nitrogen and oxygen atoms in total. The van der Waals surface area contributed by atoms with Crippen LogP contribution in [-0.2, 0) is 22.4 Å². The molecular formula is C24H22NO6-. The number of carbonyl (C=O) groups excluding carboxylic acids is 2. The number of aliphatic carboxylic acids is 1. The standard InChI is InChI=1S/C24H23NO6/c1-13-19(12-11-17-16-9-6-10-18(16)24(29)31-21(13)17)30-14(2)22(26)25-20(23(27)28)15-7-4-3-5-8-15/h3-5,7-8,11-12,14,20H,6,9-10H2,1-2H3,(H,25,26)(H,27,28)/p-1/t14-,20+/m1/s1. The molecule has 31 heavy (non-hydrogen) atoms. The van der Waals surface area contributed by atoms with Gasteiger partial charge in [0.25, 0.3) is 5.91 Å². The summed E-state index contributed by atoms with van der Waals surface area (Å²) in [5.41, 5.74) is 2.90. The Hall–Kier alpha value is -3.61. The summed E-state index contributed by atoms with van der Waals surface area (Å²) in [6.45, 7) is 3.29. The maximum atomic E-state index is 12.6. The zero-order chi connectivity index (χ0) is 22.1. The van der Waals surface area contributed by atoms with Crippen LogP contribution >= 0.6 is 0 Å². The molecule has 1 aliphatic carbocycles. The number of carboxylic acid groups (broad SMARTS) is 1. The minimum atomic E-state index is -1.41. The molecule has 0 spiro atoms. The topological polar surface area (TPSA) is 109 Å². The van der Waals surface area contributed by atoms with Crippen LogP contribution in [0.5, 0.6) is 5.75 Å². The summed E-state index contributed by atoms with van der Waals surface area (Å²) in [6, 6.07) is 10.6. The molecule has 160 valence electrons. The Labute approximate surface area is 178 Å². The van der Waals surface area contributed by atoms with Gasteiger partial charge in [-0.25, -0.2) is 4.79 Å². The fourth-order valence-corrected chi connectivity index (χ4v) is 4.02. The lowest BCUT2D eigenvalue weighted by Gasteiger charge is -2.23. The third-order valence-corrected chi connectivity index (χ3v) is 5.67. The van der Waals surface area contributed by atoms with Gasteiger partial charge in [-0.1, -0.05) is 30.3 Å². The summed E-state index contributed by atoms with van der Waals surface area (Å²) in [6.07, 6.45) is 1.50. The van der Waals surface area contributed by atoms with Crippen molar-refractivity contribution in [2.24, 2.45) is 0 Å². The van der Waals surface area contributed by atoms with Crippen LogP contribution in [0.4, 0.5) is 0 Å². The molecule has 1 heterocycles. The minimum Gasteiger partial charge on any atom is -0.548 e. The second-order valence-electron chi connectivity index (χ2n) is 7.70. The van der Waals surface area contributed by atoms with E-state index in [1.807, 2.05) is 6.07 Å². The van der Waals surface area contributed by atoms with E-state index < -0.39 is 24.0 Å². The van der Waals surface area contributed by atoms with Gasteiger partial charge in [0.2, 0.25) is 0 Å². The Morgan fingerprint density at radius 3 is 2.52 bits per heavy atom. The molecule has 1 N–H and O–H groups in total. The number of hydrogen-bond donors (Lipinski definition) is 1. The van der Waals surface area contributed by atoms with Crippen molar-refractivity contribution < 1.29 is 23.8 Å². The number of aryl methyl sites for hydroxylation is 2. The largest absolute Gasteiger partial charge is 0.548 e. The van der Waals surface area contributed by atoms with Crippen LogP contribution in [-0.4, -0.2) is 18.0 Å². The lowest BCUT2D eigenvalue weighted by molar-refractivity contribution is -0.308. The molecule has 4 rings (SSSR count). The van der Waals surface area contributed by atoms with E-state index in [1.165, 1.54) is 6.92 Å². The Kier molecular flexibility index (Phi) is 5.50. The van der Waals surface area contributed by atoms with E-state index in [9.17, 15) is 19.5 Å². The normalized spacial score (nSPS) is 14.6. The zero-order valence-electron chi connectivity index (χ0n) is 17.3. The van der Waals surface area contributed by atoms with Gasteiger partial charge >= 0.3 is 5.63 Å². The molecule has 1 aliphatic rings. The van der Waals surface area contributed by atoms with E-state index >= 15 is 0 Å². The van der Waals surface area contributed by atoms with Crippen molar-refractivity contribution in [2.45, 2.75) is 45.3 Å². The van der Waals surface area contributed by atoms with Crippen LogP contribution < -0.4 is 20.8 Å². The first kappa shape index (κ1) is 20.7. The average molecular weight is 420 g/mol. The van der Waals surface area contributed by atoms with Gasteiger partial charge in [0.1, 0.15) is 11.3 Å². The number of hydrogen-bond acceptors (Lipinski definition) is 6. The van der Waals surface area contributed by atoms with Crippen molar-refractivity contribution >= 4 is 22.8 Å². The minimum absolute atomic E-state index is 0.328. The molecule has 3 aromatic rings. The summed E-state index contributed by atoms with van der Waals surface area (Å²) < 4.78 is 11.4. The third-order valence-electron chi connectivity index (χ3n) is 5.67. The van der Waals surface area contributed by atoms with Crippen molar-refractivity contribution in [3.8, 4) is 5.75 Å². The van der Waals surface area contributed by atoms with Crippen LogP contribution in [0, 0.1) is 6.92 Å². The van der Waals surface area contributed by atoms with Crippen molar-refractivity contribution in [3.63, 3.8) is 0 Å². The molecule has 0 radical (unpaired) electrons. The Balaban J connectivity index is 1.56. The molecular weight excluding hydrogens is 398 g/mol. The summed E-state index contributed by atoms with van der Waals surface area (Å²) in [4.78, 5) is 36.5. The van der Waals surface area contributed by atoms with Gasteiger partial charge in [-0.15, -0.1) is 0 Å². The summed E-state index contributed by atoms with van der Waals surface area (Å²) >= 11 is 0. The first-order chi connectivity index (χ1) is 14.9. The number of carboxylic acids is 1. The van der Waals surface area contributed by atoms with Crippen molar-refractivity contribution in [1.82, 2.24) is 5.32 Å². The predicted molar refractivity (Wildman–Crippen MR) is 112 cm³/mol. The monoisotopic (exact) mass is 420 g/mol. The van der Waals surface area contributed by atoms with E-state index in [1.54, 1.807) is 43.3 Å². The fourth-order valence-electron chi connectivity index (χ4n) is 4.02. The van der Waals surface area contributed by atoms with Crippen molar-refractivity contribution in [3.05, 3.63) is 75.1 Å². The molecule has 0 aliphatic heterocycles. The molecule has 1 aromatic heterocycles. The molecule has 2 aromatic carbocycles. The van der Waals surface area contributed by atoms with Crippen molar-refractivity contribution in [2.75, 3.05) is 0 Å². The first-order valence-corrected chi connectivity index (χ1v) is 10.2. The van der Waals surface area contributed by atoms with Crippen LogP contribution in [0.3, 0.4) is 0 Å². The number of carbonyl (C=O) groups is 2. The molecule has 7 heteroatoms. The molecule has 1 amide bonds. The lowest BCUT2D eigenvalue weighted by Crippen LogP contribution is -2.45. The number of fused-ring (bicyclic) bond motifs is 3. The zero-order valence-corrected chi connectivity index (χ0v) is 17.3. The second kappa shape index (κ2) is 8.26. The van der Waals surface area contributed by atoms with E-state index in [2.05, 4.69) is 5.32 Å². The summed E-state index contributed by atoms with van der Waals surface area (Å²) in [5, 5.41) is 14.9. The average Bonchev–Trinajstić information content (AvgIpc) is 3.25. The van der Waals surface area contributed by atoms with E-state index in [0.717, 1.165) is 35.8 Å². The van der Waals surface area contributed by atoms with Crippen LogP contribution in [0.2, 0.25) is 0 Å². The number of amides is 1. The number of rotatable bonds is 6. The maximum Gasteiger partial charge on any atom is 0.339 e. The quantitative estimate of drug-likeness (QED) is 0.611. The molecule has 0 saturated carbocycles. The van der Waals surface area contributed by atoms with Gasteiger partial charge in [0, 0.05) is 16.5 Å². The van der Waals surface area contributed by atoms with Crippen LogP contribution in [0.25, 0.3) is 11.0 Å². The highest BCUT2D eigenvalue weighted by Crippen LogP contribution is 2.33. The van der Waals surface area contributed by atoms with E-state index in [-0.39, 0.29) is 5.63 Å². The third kappa shape index (κ3) is 3.91. The highest BCUT2D eigenvalue weighted by atomic mass is 16.5. The van der Waals surface area contributed by atoms with Gasteiger partial charge in [-0.2, -0.15) is 0 Å². The summed E-state index contributed by atoms with van der Waals surface area (Å²) in [5.74, 6) is -1.63. The highest BCUT2D eigenvalue weighted by molar-refractivity contribution is 5.88. The van der Waals surface area contributed by atoms with Gasteiger partial charge in [-0.05, 0) is 56.4 Å². The van der Waals surface area contributed by atoms with Gasteiger partial charge < -0.3 is 24.4 Å². The molecule has 0 fully saturated rings. The number of ether oxygens (including phenoxy) is 1. The van der Waals surface area contributed by atoms with E-state index in [0.29, 0.717) is 22.5 Å². The number of nitrogens with one attached hydrogen (secondary N) is 1. The smallest absolute Gasteiger partial charge is 0.339 e. The van der Waals surface area contributed by atoms with Gasteiger partial charge in [0.15, 0.2) is 6.10 Å². The second-order valence-corrected chi connectivity index (χ2v) is 7.70. The molecule has 0 unspecified atom stereocenters. The number of benzene rings is 2. The van der Waals surface area contributed by atoms with Gasteiger partial charge in [-0.3, -0.25) is 4.79 Å². The van der Waals surface area contributed by atoms with Crippen molar-refractivity contribution in [1.29, 1.82) is 0 Å². The maximum absolute atomic E-state index is 12.6. The molecule has 2 atom stereocenters. The van der Waals surface area contributed by atoms with Crippen LogP contribution in [0.1, 0.15) is 41.6 Å². The molecule has 0 saturated heterocycles. The van der Waals surface area contributed by atoms with Crippen LogP contribution in [0.15, 0.2) is 51.7 Å². The lowest BCUT2D eigenvalue weighted by atomic mass is 10.0. The van der Waals surface area contributed by atoms with E-state index in [4.69, 9.17) is 9.15 Å². The summed E-state index contributed by atoms with van der Waals surface area (Å²) in [7, 11) is 0. The Bertz CT molecular complexity index is 1210.